The second-order valence-electron chi connectivity index (χ2n) is 6.92. The molecule has 0 amide bonds. The molecule has 0 saturated carbocycles. The molecule has 0 spiro atoms. The molecule has 5 heterocycles. The maximum absolute atomic E-state index is 5.08. The maximum atomic E-state index is 5.08. The number of hydrogen-bond donors (Lipinski definition) is 0. The molecule has 3 aliphatic heterocycles. The minimum absolute atomic E-state index is 0.459. The predicted molar refractivity (Wildman–Crippen MR) is 93.9 cm³/mol. The molecule has 2 aromatic rings. The average molecular weight is 340 g/mol. The summed E-state index contributed by atoms with van der Waals surface area (Å²) < 4.78 is 5.08. The maximum Gasteiger partial charge on any atom is 0.225 e. The normalized spacial score (nSPS) is 23.6. The van der Waals surface area contributed by atoms with Gasteiger partial charge in [0.25, 0.3) is 0 Å². The Bertz CT molecular complexity index is 680. The third-order valence-electron chi connectivity index (χ3n) is 5.08. The van der Waals surface area contributed by atoms with E-state index in [-0.39, 0.29) is 0 Å². The van der Waals surface area contributed by atoms with Crippen molar-refractivity contribution in [3.05, 3.63) is 42.2 Å². The van der Waals surface area contributed by atoms with Crippen molar-refractivity contribution in [1.29, 1.82) is 0 Å². The van der Waals surface area contributed by atoms with Gasteiger partial charge in [0.1, 0.15) is 6.61 Å². The summed E-state index contributed by atoms with van der Waals surface area (Å²) in [5.74, 6) is 2.25. The summed E-state index contributed by atoms with van der Waals surface area (Å²) in [6.45, 7) is 4.51. The van der Waals surface area contributed by atoms with Crippen LogP contribution in [0.25, 0.3) is 0 Å². The molecule has 0 aliphatic carbocycles. The van der Waals surface area contributed by atoms with Crippen LogP contribution in [0.3, 0.4) is 0 Å². The Morgan fingerprint density at radius 2 is 1.84 bits per heavy atom. The SMILES string of the molecule is COCc1ncc(CN2C[C@H]3CC[C@@H]2CN(c2ncccn2)C3)cn1. The van der Waals surface area contributed by atoms with Gasteiger partial charge in [0, 0.05) is 69.7 Å². The van der Waals surface area contributed by atoms with Gasteiger partial charge in [0.05, 0.1) is 0 Å². The third kappa shape index (κ3) is 3.77. The Kier molecular flexibility index (Phi) is 4.85. The number of ether oxygens (including phenoxy) is 1. The molecule has 3 saturated heterocycles. The van der Waals surface area contributed by atoms with Gasteiger partial charge in [-0.05, 0) is 24.8 Å². The highest BCUT2D eigenvalue weighted by atomic mass is 16.5. The van der Waals surface area contributed by atoms with Gasteiger partial charge in [0.15, 0.2) is 5.82 Å². The zero-order valence-electron chi connectivity index (χ0n) is 14.6. The predicted octanol–water partition coefficient (Wildman–Crippen LogP) is 1.51. The van der Waals surface area contributed by atoms with E-state index in [1.54, 1.807) is 7.11 Å². The van der Waals surface area contributed by atoms with Crippen LogP contribution in [0.4, 0.5) is 5.95 Å². The highest BCUT2D eigenvalue weighted by Gasteiger charge is 2.35. The topological polar surface area (TPSA) is 67.3 Å². The number of aromatic nitrogens is 4. The molecule has 0 unspecified atom stereocenters. The van der Waals surface area contributed by atoms with Gasteiger partial charge in [-0.1, -0.05) is 0 Å². The third-order valence-corrected chi connectivity index (χ3v) is 5.08. The molecule has 0 aromatic carbocycles. The second-order valence-corrected chi connectivity index (χ2v) is 6.92. The lowest BCUT2D eigenvalue weighted by Gasteiger charge is -2.35. The van der Waals surface area contributed by atoms with Crippen molar-refractivity contribution in [3.8, 4) is 0 Å². The number of fused-ring (bicyclic) bond motifs is 4. The molecule has 3 fully saturated rings. The van der Waals surface area contributed by atoms with E-state index in [9.17, 15) is 0 Å². The summed E-state index contributed by atoms with van der Waals surface area (Å²) in [7, 11) is 1.66. The summed E-state index contributed by atoms with van der Waals surface area (Å²) >= 11 is 0. The van der Waals surface area contributed by atoms with Crippen LogP contribution in [0.15, 0.2) is 30.9 Å². The monoisotopic (exact) mass is 340 g/mol. The number of piperidine rings is 1. The van der Waals surface area contributed by atoms with Crippen molar-refractivity contribution >= 4 is 5.95 Å². The Balaban J connectivity index is 1.45. The Morgan fingerprint density at radius 1 is 1.04 bits per heavy atom. The minimum Gasteiger partial charge on any atom is -0.377 e. The van der Waals surface area contributed by atoms with Gasteiger partial charge in [-0.3, -0.25) is 4.90 Å². The van der Waals surface area contributed by atoms with Gasteiger partial charge in [-0.2, -0.15) is 0 Å². The van der Waals surface area contributed by atoms with E-state index in [0.29, 0.717) is 18.6 Å². The molecule has 7 nitrogen and oxygen atoms in total. The lowest BCUT2D eigenvalue weighted by atomic mass is 9.95. The lowest BCUT2D eigenvalue weighted by Crippen LogP contribution is -2.43. The number of hydrogen-bond acceptors (Lipinski definition) is 7. The molecular weight excluding hydrogens is 316 g/mol. The Labute approximate surface area is 148 Å². The molecule has 2 atom stereocenters. The van der Waals surface area contributed by atoms with Crippen LogP contribution >= 0.6 is 0 Å². The van der Waals surface area contributed by atoms with E-state index in [0.717, 1.165) is 43.5 Å². The van der Waals surface area contributed by atoms with Crippen molar-refractivity contribution in [2.45, 2.75) is 32.0 Å². The molecule has 0 radical (unpaired) electrons. The van der Waals surface area contributed by atoms with Gasteiger partial charge in [-0.15, -0.1) is 0 Å². The molecule has 7 heteroatoms. The van der Waals surface area contributed by atoms with Crippen LogP contribution in [-0.4, -0.2) is 57.6 Å². The molecular formula is C18H24N6O. The second kappa shape index (κ2) is 7.41. The lowest BCUT2D eigenvalue weighted by molar-refractivity contribution is 0.126. The number of nitrogens with zero attached hydrogens (tertiary/aromatic N) is 6. The van der Waals surface area contributed by atoms with Crippen LogP contribution in [0.5, 0.6) is 0 Å². The van der Waals surface area contributed by atoms with E-state index >= 15 is 0 Å². The van der Waals surface area contributed by atoms with E-state index in [2.05, 4.69) is 29.7 Å². The first-order valence-electron chi connectivity index (χ1n) is 8.86. The van der Waals surface area contributed by atoms with Gasteiger partial charge >= 0.3 is 0 Å². The van der Waals surface area contributed by atoms with E-state index in [4.69, 9.17) is 4.74 Å². The Morgan fingerprint density at radius 3 is 2.60 bits per heavy atom. The quantitative estimate of drug-likeness (QED) is 0.817. The van der Waals surface area contributed by atoms with E-state index < -0.39 is 0 Å². The first-order valence-corrected chi connectivity index (χ1v) is 8.86. The summed E-state index contributed by atoms with van der Waals surface area (Å²) in [6.07, 6.45) is 10.0. The largest absolute Gasteiger partial charge is 0.377 e. The van der Waals surface area contributed by atoms with Crippen LogP contribution in [0, 0.1) is 5.92 Å². The van der Waals surface area contributed by atoms with Crippen molar-refractivity contribution in [2.75, 3.05) is 31.6 Å². The first kappa shape index (κ1) is 16.4. The Hall–Kier alpha value is -2.12. The molecule has 132 valence electrons. The zero-order valence-corrected chi connectivity index (χ0v) is 14.6. The highest BCUT2D eigenvalue weighted by molar-refractivity contribution is 5.30. The fourth-order valence-electron chi connectivity index (χ4n) is 3.89. The minimum atomic E-state index is 0.459. The van der Waals surface area contributed by atoms with Crippen molar-refractivity contribution in [2.24, 2.45) is 5.92 Å². The molecule has 25 heavy (non-hydrogen) atoms. The fourth-order valence-corrected chi connectivity index (χ4v) is 3.89. The number of methoxy groups -OCH3 is 1. The average Bonchev–Trinajstić information content (AvgIpc) is 2.96. The zero-order chi connectivity index (χ0) is 17.1. The van der Waals surface area contributed by atoms with Crippen LogP contribution < -0.4 is 4.90 Å². The first-order chi connectivity index (χ1) is 12.3. The number of anilines is 1. The standard InChI is InChI=1S/C18H24N6O/c1-25-13-17-21-7-15(8-22-17)11-23-9-14-3-4-16(23)12-24(10-14)18-19-5-2-6-20-18/h2,5-8,14,16H,3-4,9-13H2,1H3/t14-,16-/m1/s1. The molecule has 0 N–H and O–H groups in total. The number of rotatable bonds is 5. The van der Waals surface area contributed by atoms with E-state index in [1.165, 1.54) is 12.8 Å². The molecule has 3 aliphatic rings. The van der Waals surface area contributed by atoms with Gasteiger partial charge in [0.2, 0.25) is 5.95 Å². The summed E-state index contributed by atoms with van der Waals surface area (Å²) in [4.78, 5) is 22.6. The molecule has 5 rings (SSSR count). The smallest absolute Gasteiger partial charge is 0.225 e. The van der Waals surface area contributed by atoms with Crippen molar-refractivity contribution < 1.29 is 4.74 Å². The summed E-state index contributed by atoms with van der Waals surface area (Å²) in [5, 5.41) is 0. The fraction of sp³-hybridized carbons (Fsp3) is 0.556. The van der Waals surface area contributed by atoms with Crippen LogP contribution in [-0.2, 0) is 17.9 Å². The van der Waals surface area contributed by atoms with Crippen LogP contribution in [0.2, 0.25) is 0 Å². The van der Waals surface area contributed by atoms with Gasteiger partial charge < -0.3 is 9.64 Å². The summed E-state index contributed by atoms with van der Waals surface area (Å²) in [5.41, 5.74) is 1.16. The molecule has 2 bridgehead atoms. The van der Waals surface area contributed by atoms with Crippen LogP contribution in [0.1, 0.15) is 24.2 Å². The van der Waals surface area contributed by atoms with E-state index in [1.807, 2.05) is 30.9 Å². The summed E-state index contributed by atoms with van der Waals surface area (Å²) in [6, 6.07) is 2.40. The van der Waals surface area contributed by atoms with Gasteiger partial charge in [-0.25, -0.2) is 19.9 Å². The van der Waals surface area contributed by atoms with Crippen molar-refractivity contribution in [3.63, 3.8) is 0 Å². The van der Waals surface area contributed by atoms with Crippen molar-refractivity contribution in [1.82, 2.24) is 24.8 Å². The highest BCUT2D eigenvalue weighted by Crippen LogP contribution is 2.30. The molecule has 2 aromatic heterocycles.